The van der Waals surface area contributed by atoms with Crippen molar-refractivity contribution in [3.05, 3.63) is 0 Å². The molecule has 0 bridgehead atoms. The van der Waals surface area contributed by atoms with Crippen LogP contribution in [0, 0.1) is 0 Å². The van der Waals surface area contributed by atoms with Gasteiger partial charge in [0.05, 0.1) is 12.6 Å². The Morgan fingerprint density at radius 1 is 1.38 bits per heavy atom. The molecular formula is C12H24N2O2. The van der Waals surface area contributed by atoms with Gasteiger partial charge in [0, 0.05) is 13.1 Å². The summed E-state index contributed by atoms with van der Waals surface area (Å²) in [5.41, 5.74) is 5.76. The lowest BCUT2D eigenvalue weighted by Gasteiger charge is -2.45. The van der Waals surface area contributed by atoms with Crippen LogP contribution in [0.5, 0.6) is 0 Å². The second kappa shape index (κ2) is 6.09. The SMILES string of the molecule is CCCN(C(=O)OC)C1(CN)CCCCC1. The number of ether oxygens (including phenoxy) is 1. The third-order valence-corrected chi connectivity index (χ3v) is 3.58. The molecule has 1 aliphatic carbocycles. The minimum atomic E-state index is -0.228. The van der Waals surface area contributed by atoms with Crippen LogP contribution in [0.2, 0.25) is 0 Å². The Morgan fingerprint density at radius 2 is 2.00 bits per heavy atom. The third-order valence-electron chi connectivity index (χ3n) is 3.58. The highest BCUT2D eigenvalue weighted by Gasteiger charge is 2.39. The molecule has 0 aromatic heterocycles. The van der Waals surface area contributed by atoms with E-state index in [0.717, 1.165) is 38.6 Å². The Morgan fingerprint density at radius 3 is 2.44 bits per heavy atom. The van der Waals surface area contributed by atoms with Crippen LogP contribution in [0.15, 0.2) is 0 Å². The highest BCUT2D eigenvalue weighted by molar-refractivity contribution is 5.68. The van der Waals surface area contributed by atoms with Crippen LogP contribution in [0.3, 0.4) is 0 Å². The van der Waals surface area contributed by atoms with E-state index in [1.54, 1.807) is 0 Å². The fourth-order valence-corrected chi connectivity index (χ4v) is 2.65. The number of carbonyl (C=O) groups is 1. The van der Waals surface area contributed by atoms with Crippen molar-refractivity contribution in [3.63, 3.8) is 0 Å². The molecule has 1 fully saturated rings. The zero-order valence-electron chi connectivity index (χ0n) is 10.5. The molecule has 0 aromatic carbocycles. The molecule has 0 spiro atoms. The van der Waals surface area contributed by atoms with Gasteiger partial charge >= 0.3 is 6.09 Å². The number of nitrogens with zero attached hydrogens (tertiary/aromatic N) is 1. The van der Waals surface area contributed by atoms with Gasteiger partial charge in [-0.3, -0.25) is 0 Å². The van der Waals surface area contributed by atoms with Crippen LogP contribution in [0.4, 0.5) is 4.79 Å². The number of carbonyl (C=O) groups excluding carboxylic acids is 1. The van der Waals surface area contributed by atoms with Crippen LogP contribution in [-0.2, 0) is 4.74 Å². The summed E-state index contributed by atoms with van der Waals surface area (Å²) < 4.78 is 4.88. The quantitative estimate of drug-likeness (QED) is 0.802. The predicted molar refractivity (Wildman–Crippen MR) is 64.3 cm³/mol. The van der Waals surface area contributed by atoms with E-state index in [1.807, 2.05) is 4.90 Å². The number of methoxy groups -OCH3 is 1. The van der Waals surface area contributed by atoms with Gasteiger partial charge < -0.3 is 15.4 Å². The van der Waals surface area contributed by atoms with Crippen LogP contribution >= 0.6 is 0 Å². The maximum Gasteiger partial charge on any atom is 0.409 e. The predicted octanol–water partition coefficient (Wildman–Crippen LogP) is 2.13. The van der Waals surface area contributed by atoms with Gasteiger partial charge in [-0.2, -0.15) is 0 Å². The molecule has 0 unspecified atom stereocenters. The molecule has 1 aliphatic rings. The first-order valence-electron chi connectivity index (χ1n) is 6.26. The van der Waals surface area contributed by atoms with Crippen LogP contribution < -0.4 is 5.73 Å². The summed E-state index contributed by atoms with van der Waals surface area (Å²) >= 11 is 0. The number of rotatable bonds is 4. The summed E-state index contributed by atoms with van der Waals surface area (Å²) in [7, 11) is 1.44. The maximum atomic E-state index is 11.8. The first kappa shape index (κ1) is 13.3. The summed E-state index contributed by atoms with van der Waals surface area (Å²) in [6, 6.07) is 0. The fourth-order valence-electron chi connectivity index (χ4n) is 2.65. The van der Waals surface area contributed by atoms with Crippen LogP contribution in [0.1, 0.15) is 45.4 Å². The Balaban J connectivity index is 2.82. The summed E-state index contributed by atoms with van der Waals surface area (Å²) in [4.78, 5) is 13.7. The maximum absolute atomic E-state index is 11.8. The topological polar surface area (TPSA) is 55.6 Å². The van der Waals surface area contributed by atoms with Crippen LogP contribution in [0.25, 0.3) is 0 Å². The smallest absolute Gasteiger partial charge is 0.409 e. The second-order valence-corrected chi connectivity index (χ2v) is 4.61. The van der Waals surface area contributed by atoms with Crippen molar-refractivity contribution in [3.8, 4) is 0 Å². The summed E-state index contributed by atoms with van der Waals surface area (Å²) in [6.45, 7) is 3.36. The van der Waals surface area contributed by atoms with Gasteiger partial charge in [-0.25, -0.2) is 4.79 Å². The lowest BCUT2D eigenvalue weighted by atomic mass is 9.80. The van der Waals surface area contributed by atoms with Crippen LogP contribution in [-0.4, -0.2) is 36.7 Å². The van der Waals surface area contributed by atoms with Gasteiger partial charge in [-0.05, 0) is 19.3 Å². The Bertz CT molecular complexity index is 225. The number of nitrogens with two attached hydrogens (primary N) is 1. The lowest BCUT2D eigenvalue weighted by Crippen LogP contribution is -2.57. The molecule has 16 heavy (non-hydrogen) atoms. The summed E-state index contributed by atoms with van der Waals surface area (Å²) in [5, 5.41) is 0. The average Bonchev–Trinajstić information content (AvgIpc) is 2.36. The van der Waals surface area contributed by atoms with E-state index in [4.69, 9.17) is 10.5 Å². The van der Waals surface area contributed by atoms with Crippen molar-refractivity contribution < 1.29 is 9.53 Å². The van der Waals surface area contributed by atoms with Gasteiger partial charge in [0.15, 0.2) is 0 Å². The normalized spacial score (nSPS) is 19.2. The molecule has 4 nitrogen and oxygen atoms in total. The zero-order chi connectivity index (χ0) is 12.0. The van der Waals surface area contributed by atoms with Gasteiger partial charge in [0.2, 0.25) is 0 Å². The molecule has 94 valence electrons. The van der Waals surface area contributed by atoms with E-state index in [9.17, 15) is 4.79 Å². The van der Waals surface area contributed by atoms with Crippen molar-refractivity contribution in [2.75, 3.05) is 20.2 Å². The summed E-state index contributed by atoms with van der Waals surface area (Å²) in [5.74, 6) is 0. The molecule has 0 aromatic rings. The minimum Gasteiger partial charge on any atom is -0.453 e. The molecule has 1 amide bonds. The highest BCUT2D eigenvalue weighted by atomic mass is 16.5. The van der Waals surface area contributed by atoms with E-state index in [2.05, 4.69) is 6.92 Å². The molecule has 0 saturated heterocycles. The van der Waals surface area contributed by atoms with Gasteiger partial charge in [-0.15, -0.1) is 0 Å². The molecule has 1 saturated carbocycles. The van der Waals surface area contributed by atoms with Crippen molar-refractivity contribution in [2.45, 2.75) is 51.0 Å². The number of hydrogen-bond donors (Lipinski definition) is 1. The fraction of sp³-hybridized carbons (Fsp3) is 0.917. The van der Waals surface area contributed by atoms with Crippen molar-refractivity contribution in [1.82, 2.24) is 4.90 Å². The first-order valence-corrected chi connectivity index (χ1v) is 6.26. The van der Waals surface area contributed by atoms with E-state index >= 15 is 0 Å². The first-order chi connectivity index (χ1) is 7.70. The largest absolute Gasteiger partial charge is 0.453 e. The van der Waals surface area contributed by atoms with Crippen molar-refractivity contribution in [2.24, 2.45) is 5.73 Å². The van der Waals surface area contributed by atoms with E-state index in [-0.39, 0.29) is 11.6 Å². The zero-order valence-corrected chi connectivity index (χ0v) is 10.5. The standard InChI is InChI=1S/C12H24N2O2/c1-3-9-14(11(15)16-2)12(10-13)7-5-4-6-8-12/h3-10,13H2,1-2H3. The molecule has 2 N–H and O–H groups in total. The van der Waals surface area contributed by atoms with Gasteiger partial charge in [-0.1, -0.05) is 26.2 Å². The Labute approximate surface area is 98.1 Å². The molecule has 0 aliphatic heterocycles. The molecule has 0 atom stereocenters. The number of hydrogen-bond acceptors (Lipinski definition) is 3. The second-order valence-electron chi connectivity index (χ2n) is 4.61. The number of amides is 1. The van der Waals surface area contributed by atoms with Gasteiger partial charge in [0.25, 0.3) is 0 Å². The van der Waals surface area contributed by atoms with E-state index in [0.29, 0.717) is 6.54 Å². The monoisotopic (exact) mass is 228 g/mol. The van der Waals surface area contributed by atoms with E-state index in [1.165, 1.54) is 13.5 Å². The minimum absolute atomic E-state index is 0.151. The lowest BCUT2D eigenvalue weighted by molar-refractivity contribution is 0.0438. The molecule has 0 radical (unpaired) electrons. The van der Waals surface area contributed by atoms with Crippen molar-refractivity contribution >= 4 is 6.09 Å². The third kappa shape index (κ3) is 2.67. The molecule has 1 rings (SSSR count). The molecular weight excluding hydrogens is 204 g/mol. The van der Waals surface area contributed by atoms with E-state index < -0.39 is 0 Å². The van der Waals surface area contributed by atoms with Crippen molar-refractivity contribution in [1.29, 1.82) is 0 Å². The molecule has 4 heteroatoms. The summed E-state index contributed by atoms with van der Waals surface area (Å²) in [6.07, 6.45) is 6.31. The molecule has 0 heterocycles. The Hall–Kier alpha value is -0.770. The Kier molecular flexibility index (Phi) is 5.06. The van der Waals surface area contributed by atoms with Gasteiger partial charge in [0.1, 0.15) is 0 Å². The highest BCUT2D eigenvalue weighted by Crippen LogP contribution is 2.33. The average molecular weight is 228 g/mol.